The van der Waals surface area contributed by atoms with Crippen LogP contribution in [0.4, 0.5) is 5.69 Å². The molecule has 1 aromatic heterocycles. The minimum absolute atomic E-state index is 0.343. The van der Waals surface area contributed by atoms with Gasteiger partial charge in [0.2, 0.25) is 5.75 Å². The predicted octanol–water partition coefficient (Wildman–Crippen LogP) is 1.94. The fourth-order valence-electron chi connectivity index (χ4n) is 2.46. The molecule has 2 aromatic carbocycles. The number of methoxy groups -OCH3 is 3. The van der Waals surface area contributed by atoms with Crippen molar-refractivity contribution in [2.45, 2.75) is 0 Å². The van der Waals surface area contributed by atoms with Gasteiger partial charge in [0.05, 0.1) is 32.7 Å². The molecule has 3 rings (SSSR count). The Balaban J connectivity index is 1.95. The standard InChI is InChI=1S/C17H17N5O4/c1-24-14-8-11(9-15(25-2)16(14)26-3)17(23)19-12-6-4-5-7-13(12)22-10-18-20-21-22/h4-10H,1-3H3,(H,19,23). The number of ether oxygens (including phenoxy) is 3. The van der Waals surface area contributed by atoms with Crippen molar-refractivity contribution in [3.63, 3.8) is 0 Å². The lowest BCUT2D eigenvalue weighted by Gasteiger charge is -2.15. The van der Waals surface area contributed by atoms with E-state index in [1.807, 2.05) is 6.07 Å². The Morgan fingerprint density at radius 2 is 1.73 bits per heavy atom. The van der Waals surface area contributed by atoms with Crippen LogP contribution in [-0.4, -0.2) is 47.4 Å². The third kappa shape index (κ3) is 3.27. The molecular weight excluding hydrogens is 338 g/mol. The largest absolute Gasteiger partial charge is 0.493 e. The number of hydrogen-bond acceptors (Lipinski definition) is 7. The Kier molecular flexibility index (Phi) is 4.97. The van der Waals surface area contributed by atoms with E-state index in [0.717, 1.165) is 0 Å². The minimum Gasteiger partial charge on any atom is -0.493 e. The molecule has 0 aliphatic rings. The van der Waals surface area contributed by atoms with E-state index in [2.05, 4.69) is 20.8 Å². The molecule has 0 unspecified atom stereocenters. The van der Waals surface area contributed by atoms with E-state index < -0.39 is 0 Å². The van der Waals surface area contributed by atoms with Crippen LogP contribution in [0.15, 0.2) is 42.7 Å². The monoisotopic (exact) mass is 355 g/mol. The Morgan fingerprint density at radius 1 is 1.04 bits per heavy atom. The van der Waals surface area contributed by atoms with Gasteiger partial charge in [0.1, 0.15) is 6.33 Å². The molecule has 0 aliphatic heterocycles. The average molecular weight is 355 g/mol. The normalized spacial score (nSPS) is 10.3. The molecular formula is C17H17N5O4. The van der Waals surface area contributed by atoms with Crippen LogP contribution in [0.1, 0.15) is 10.4 Å². The number of aromatic nitrogens is 4. The second kappa shape index (κ2) is 7.51. The fraction of sp³-hybridized carbons (Fsp3) is 0.176. The van der Waals surface area contributed by atoms with Crippen LogP contribution < -0.4 is 19.5 Å². The van der Waals surface area contributed by atoms with Crippen LogP contribution in [0.2, 0.25) is 0 Å². The minimum atomic E-state index is -0.343. The van der Waals surface area contributed by atoms with Gasteiger partial charge in [-0.2, -0.15) is 4.68 Å². The summed E-state index contributed by atoms with van der Waals surface area (Å²) in [6.07, 6.45) is 1.45. The molecule has 9 heteroatoms. The summed E-state index contributed by atoms with van der Waals surface area (Å²) in [5.74, 6) is 0.863. The van der Waals surface area contributed by atoms with Crippen molar-refractivity contribution in [1.29, 1.82) is 0 Å². The number of hydrogen-bond donors (Lipinski definition) is 1. The summed E-state index contributed by atoms with van der Waals surface area (Å²) in [5, 5.41) is 13.9. The van der Waals surface area contributed by atoms with Crippen molar-refractivity contribution < 1.29 is 19.0 Å². The molecule has 134 valence electrons. The van der Waals surface area contributed by atoms with Crippen molar-refractivity contribution in [3.05, 3.63) is 48.3 Å². The molecule has 0 radical (unpaired) electrons. The lowest BCUT2D eigenvalue weighted by Crippen LogP contribution is -2.14. The Labute approximate surface area is 149 Å². The molecule has 0 bridgehead atoms. The SMILES string of the molecule is COc1cc(C(=O)Nc2ccccc2-n2cnnn2)cc(OC)c1OC. The zero-order chi connectivity index (χ0) is 18.5. The number of carbonyl (C=O) groups excluding carboxylic acids is 1. The van der Waals surface area contributed by atoms with Crippen molar-refractivity contribution in [2.24, 2.45) is 0 Å². The van der Waals surface area contributed by atoms with Crippen LogP contribution in [0, 0.1) is 0 Å². The number of anilines is 1. The van der Waals surface area contributed by atoms with Crippen LogP contribution in [-0.2, 0) is 0 Å². The molecule has 0 atom stereocenters. The lowest BCUT2D eigenvalue weighted by atomic mass is 10.1. The number of para-hydroxylation sites is 2. The van der Waals surface area contributed by atoms with Gasteiger partial charge < -0.3 is 19.5 Å². The van der Waals surface area contributed by atoms with Crippen molar-refractivity contribution in [1.82, 2.24) is 20.2 Å². The first-order valence-corrected chi connectivity index (χ1v) is 7.61. The van der Waals surface area contributed by atoms with Gasteiger partial charge in [0, 0.05) is 5.56 Å². The maximum absolute atomic E-state index is 12.7. The number of tetrazole rings is 1. The van der Waals surface area contributed by atoms with Gasteiger partial charge in [0.15, 0.2) is 11.5 Å². The van der Waals surface area contributed by atoms with E-state index in [1.54, 1.807) is 30.3 Å². The maximum atomic E-state index is 12.7. The highest BCUT2D eigenvalue weighted by atomic mass is 16.5. The highest BCUT2D eigenvalue weighted by Gasteiger charge is 2.18. The average Bonchev–Trinajstić information content (AvgIpc) is 3.21. The van der Waals surface area contributed by atoms with Crippen molar-refractivity contribution in [3.8, 4) is 22.9 Å². The first-order valence-electron chi connectivity index (χ1n) is 7.61. The lowest BCUT2D eigenvalue weighted by molar-refractivity contribution is 0.102. The molecule has 3 aromatic rings. The number of rotatable bonds is 6. The summed E-state index contributed by atoms with van der Waals surface area (Å²) in [7, 11) is 4.49. The molecule has 26 heavy (non-hydrogen) atoms. The third-order valence-electron chi connectivity index (χ3n) is 3.68. The van der Waals surface area contributed by atoms with E-state index in [9.17, 15) is 4.79 Å². The fourth-order valence-corrected chi connectivity index (χ4v) is 2.46. The Morgan fingerprint density at radius 3 is 2.31 bits per heavy atom. The second-order valence-corrected chi connectivity index (χ2v) is 5.14. The number of amides is 1. The first-order chi connectivity index (χ1) is 12.7. The van der Waals surface area contributed by atoms with Gasteiger partial charge in [-0.05, 0) is 34.7 Å². The topological polar surface area (TPSA) is 100 Å². The molecule has 0 saturated carbocycles. The summed E-state index contributed by atoms with van der Waals surface area (Å²) in [5.41, 5.74) is 1.54. The summed E-state index contributed by atoms with van der Waals surface area (Å²) in [6.45, 7) is 0. The molecule has 0 saturated heterocycles. The van der Waals surface area contributed by atoms with Gasteiger partial charge >= 0.3 is 0 Å². The number of nitrogens with zero attached hydrogens (tertiary/aromatic N) is 4. The number of benzene rings is 2. The summed E-state index contributed by atoms with van der Waals surface area (Å²) in [4.78, 5) is 12.7. The Bertz CT molecular complexity index is 886. The van der Waals surface area contributed by atoms with Crippen LogP contribution in [0.3, 0.4) is 0 Å². The van der Waals surface area contributed by atoms with Crippen LogP contribution >= 0.6 is 0 Å². The van der Waals surface area contributed by atoms with Crippen molar-refractivity contribution >= 4 is 11.6 Å². The molecule has 1 amide bonds. The predicted molar refractivity (Wildman–Crippen MR) is 93.2 cm³/mol. The van der Waals surface area contributed by atoms with Gasteiger partial charge in [-0.3, -0.25) is 4.79 Å². The summed E-state index contributed by atoms with van der Waals surface area (Å²) < 4.78 is 17.3. The van der Waals surface area contributed by atoms with E-state index in [4.69, 9.17) is 14.2 Å². The summed E-state index contributed by atoms with van der Waals surface area (Å²) in [6, 6.07) is 10.3. The van der Waals surface area contributed by atoms with Crippen LogP contribution in [0.5, 0.6) is 17.2 Å². The highest BCUT2D eigenvalue weighted by molar-refractivity contribution is 6.06. The molecule has 9 nitrogen and oxygen atoms in total. The zero-order valence-corrected chi connectivity index (χ0v) is 14.5. The van der Waals surface area contributed by atoms with E-state index in [0.29, 0.717) is 34.2 Å². The first kappa shape index (κ1) is 17.2. The molecule has 0 aliphatic carbocycles. The number of nitrogens with one attached hydrogen (secondary N) is 1. The smallest absolute Gasteiger partial charge is 0.255 e. The van der Waals surface area contributed by atoms with E-state index >= 15 is 0 Å². The summed E-state index contributed by atoms with van der Waals surface area (Å²) >= 11 is 0. The Hall–Kier alpha value is -3.62. The highest BCUT2D eigenvalue weighted by Crippen LogP contribution is 2.38. The second-order valence-electron chi connectivity index (χ2n) is 5.14. The quantitative estimate of drug-likeness (QED) is 0.721. The maximum Gasteiger partial charge on any atom is 0.255 e. The van der Waals surface area contributed by atoms with Gasteiger partial charge in [0.25, 0.3) is 5.91 Å². The van der Waals surface area contributed by atoms with Gasteiger partial charge in [-0.25, -0.2) is 0 Å². The van der Waals surface area contributed by atoms with E-state index in [-0.39, 0.29) is 5.91 Å². The molecule has 0 spiro atoms. The van der Waals surface area contributed by atoms with Gasteiger partial charge in [-0.15, -0.1) is 5.10 Å². The van der Waals surface area contributed by atoms with E-state index in [1.165, 1.54) is 32.3 Å². The van der Waals surface area contributed by atoms with Crippen LogP contribution in [0.25, 0.3) is 5.69 Å². The molecule has 0 fully saturated rings. The van der Waals surface area contributed by atoms with Crippen molar-refractivity contribution in [2.75, 3.05) is 26.6 Å². The third-order valence-corrected chi connectivity index (χ3v) is 3.68. The zero-order valence-electron chi connectivity index (χ0n) is 14.5. The van der Waals surface area contributed by atoms with Gasteiger partial charge in [-0.1, -0.05) is 12.1 Å². The molecule has 1 N–H and O–H groups in total. The molecule has 1 heterocycles. The number of carbonyl (C=O) groups is 1.